The monoisotopic (exact) mass is 249 g/mol. The number of thiazole rings is 1. The van der Waals surface area contributed by atoms with Crippen LogP contribution in [0.3, 0.4) is 0 Å². The van der Waals surface area contributed by atoms with Crippen LogP contribution in [0.4, 0.5) is 0 Å². The van der Waals surface area contributed by atoms with Crippen molar-refractivity contribution in [3.63, 3.8) is 0 Å². The molecule has 0 bridgehead atoms. The summed E-state index contributed by atoms with van der Waals surface area (Å²) in [5.41, 5.74) is 3.85. The van der Waals surface area contributed by atoms with Crippen LogP contribution in [-0.4, -0.2) is 15.9 Å². The highest BCUT2D eigenvalue weighted by atomic mass is 32.1. The van der Waals surface area contributed by atoms with Crippen molar-refractivity contribution in [3.8, 4) is 5.75 Å². The number of phenolic OH excluding ortho intramolecular Hbond substituents is 1. The number of hydrogen-bond donors (Lipinski definition) is 1. The molecule has 0 aliphatic heterocycles. The summed E-state index contributed by atoms with van der Waals surface area (Å²) >= 11 is 1.36. The second-order valence-corrected chi connectivity index (χ2v) is 4.97. The fraction of sp³-hybridized carbons (Fsp3) is 0.385. The number of ketones is 1. The van der Waals surface area contributed by atoms with Gasteiger partial charge in [-0.05, 0) is 31.4 Å². The summed E-state index contributed by atoms with van der Waals surface area (Å²) in [6, 6.07) is 1.93. The zero-order valence-electron chi connectivity index (χ0n) is 9.99. The van der Waals surface area contributed by atoms with Crippen molar-refractivity contribution in [2.45, 2.75) is 33.1 Å². The molecule has 0 amide bonds. The number of fused-ring (bicyclic) bond motifs is 1. The molecule has 3 nitrogen and oxygen atoms in total. The molecule has 4 heteroatoms. The summed E-state index contributed by atoms with van der Waals surface area (Å²) < 4.78 is 0.704. The Morgan fingerprint density at radius 1 is 1.53 bits per heavy atom. The molecule has 1 aromatic heterocycles. The molecule has 1 heterocycles. The van der Waals surface area contributed by atoms with Crippen molar-refractivity contribution in [1.82, 2.24) is 4.98 Å². The van der Waals surface area contributed by atoms with E-state index in [0.717, 1.165) is 30.3 Å². The molecule has 0 radical (unpaired) electrons. The van der Waals surface area contributed by atoms with Crippen LogP contribution in [0, 0.1) is 0 Å². The Hall–Kier alpha value is -1.42. The number of carbonyl (C=O) groups excluding carboxylic acids is 1. The number of hydrogen-bond acceptors (Lipinski definition) is 4. The summed E-state index contributed by atoms with van der Waals surface area (Å²) in [5.74, 6) is 0.0208. The molecule has 0 fully saturated rings. The van der Waals surface area contributed by atoms with Gasteiger partial charge in [0.25, 0.3) is 0 Å². The van der Waals surface area contributed by atoms with Gasteiger partial charge in [-0.15, -0.1) is 11.3 Å². The first-order valence-corrected chi connectivity index (χ1v) is 6.62. The van der Waals surface area contributed by atoms with E-state index in [2.05, 4.69) is 11.9 Å². The Balaban J connectivity index is 2.62. The predicted molar refractivity (Wildman–Crippen MR) is 69.9 cm³/mol. The number of aromatic nitrogens is 1. The highest BCUT2D eigenvalue weighted by Crippen LogP contribution is 2.34. The molecule has 0 atom stereocenters. The van der Waals surface area contributed by atoms with Gasteiger partial charge in [0, 0.05) is 0 Å². The van der Waals surface area contributed by atoms with Gasteiger partial charge in [0.15, 0.2) is 5.78 Å². The van der Waals surface area contributed by atoms with E-state index in [1.807, 2.05) is 6.07 Å². The van der Waals surface area contributed by atoms with E-state index in [-0.39, 0.29) is 11.5 Å². The van der Waals surface area contributed by atoms with Gasteiger partial charge in [0.1, 0.15) is 5.75 Å². The van der Waals surface area contributed by atoms with E-state index < -0.39 is 0 Å². The first-order valence-electron chi connectivity index (χ1n) is 5.74. The maximum Gasteiger partial charge on any atom is 0.163 e. The Morgan fingerprint density at radius 2 is 2.29 bits per heavy atom. The highest BCUT2D eigenvalue weighted by Gasteiger charge is 2.17. The van der Waals surface area contributed by atoms with Gasteiger partial charge in [-0.25, -0.2) is 4.98 Å². The van der Waals surface area contributed by atoms with Crippen LogP contribution in [0.5, 0.6) is 5.75 Å². The minimum Gasteiger partial charge on any atom is -0.506 e. The summed E-state index contributed by atoms with van der Waals surface area (Å²) in [4.78, 5) is 15.8. The minimum atomic E-state index is -0.0797. The molecule has 0 spiro atoms. The summed E-state index contributed by atoms with van der Waals surface area (Å²) in [5, 5.41) is 10.1. The molecule has 0 saturated heterocycles. The molecule has 1 aromatic carbocycles. The Labute approximate surface area is 104 Å². The Bertz CT molecular complexity index is 560. The quantitative estimate of drug-likeness (QED) is 0.843. The predicted octanol–water partition coefficient (Wildman–Crippen LogP) is 3.55. The summed E-state index contributed by atoms with van der Waals surface area (Å²) in [6.45, 7) is 3.60. The van der Waals surface area contributed by atoms with Gasteiger partial charge >= 0.3 is 0 Å². The molecule has 1 N–H and O–H groups in total. The minimum absolute atomic E-state index is 0.0797. The van der Waals surface area contributed by atoms with Gasteiger partial charge in [0.2, 0.25) is 0 Å². The highest BCUT2D eigenvalue weighted by molar-refractivity contribution is 7.17. The third-order valence-corrected chi connectivity index (χ3v) is 3.68. The first kappa shape index (κ1) is 12.0. The largest absolute Gasteiger partial charge is 0.506 e. The zero-order valence-corrected chi connectivity index (χ0v) is 10.8. The maximum atomic E-state index is 11.6. The van der Waals surface area contributed by atoms with Crippen LogP contribution >= 0.6 is 11.3 Å². The fourth-order valence-corrected chi connectivity index (χ4v) is 2.71. The number of rotatable bonds is 4. The normalized spacial score (nSPS) is 10.9. The molecular formula is C13H15NO2S. The molecule has 0 saturated carbocycles. The topological polar surface area (TPSA) is 50.2 Å². The Morgan fingerprint density at radius 3 is 2.94 bits per heavy atom. The number of unbranched alkanes of at least 4 members (excludes halogenated alkanes) is 1. The number of Topliss-reactive ketones (excluding diaryl/α,β-unsaturated/α-hetero) is 1. The standard InChI is InChI=1S/C13H15NO2S/c1-3-4-5-9-6-10-13(17-7-14-10)12(16)11(9)8(2)15/h6-7,16H,3-5H2,1-2H3. The summed E-state index contributed by atoms with van der Waals surface area (Å²) in [7, 11) is 0. The summed E-state index contributed by atoms with van der Waals surface area (Å²) in [6.07, 6.45) is 2.88. The third kappa shape index (κ3) is 2.17. The molecule has 2 aromatic rings. The van der Waals surface area contributed by atoms with Crippen molar-refractivity contribution in [1.29, 1.82) is 0 Å². The lowest BCUT2D eigenvalue weighted by Gasteiger charge is -2.09. The fourth-order valence-electron chi connectivity index (χ4n) is 1.99. The van der Waals surface area contributed by atoms with E-state index in [0.29, 0.717) is 10.3 Å². The van der Waals surface area contributed by atoms with Gasteiger partial charge in [-0.3, -0.25) is 4.79 Å². The average molecular weight is 249 g/mol. The van der Waals surface area contributed by atoms with E-state index in [1.165, 1.54) is 18.3 Å². The average Bonchev–Trinajstić information content (AvgIpc) is 2.74. The van der Waals surface area contributed by atoms with Crippen LogP contribution in [0.25, 0.3) is 10.2 Å². The van der Waals surface area contributed by atoms with E-state index in [9.17, 15) is 9.90 Å². The maximum absolute atomic E-state index is 11.6. The number of carbonyl (C=O) groups is 1. The van der Waals surface area contributed by atoms with Crippen molar-refractivity contribution in [2.24, 2.45) is 0 Å². The van der Waals surface area contributed by atoms with Crippen molar-refractivity contribution >= 4 is 27.3 Å². The lowest BCUT2D eigenvalue weighted by Crippen LogP contribution is -2.01. The zero-order chi connectivity index (χ0) is 12.4. The van der Waals surface area contributed by atoms with Crippen molar-refractivity contribution in [3.05, 3.63) is 22.7 Å². The number of aromatic hydroxyl groups is 1. The van der Waals surface area contributed by atoms with Gasteiger partial charge in [-0.2, -0.15) is 0 Å². The van der Waals surface area contributed by atoms with Gasteiger partial charge < -0.3 is 5.11 Å². The molecular weight excluding hydrogens is 234 g/mol. The number of phenols is 1. The van der Waals surface area contributed by atoms with Crippen molar-refractivity contribution < 1.29 is 9.90 Å². The molecule has 0 aliphatic rings. The van der Waals surface area contributed by atoms with Crippen LogP contribution in [0.2, 0.25) is 0 Å². The number of aryl methyl sites for hydroxylation is 1. The smallest absolute Gasteiger partial charge is 0.163 e. The SMILES string of the molecule is CCCCc1cc2ncsc2c(O)c1C(C)=O. The van der Waals surface area contributed by atoms with Gasteiger partial charge in [-0.1, -0.05) is 13.3 Å². The van der Waals surface area contributed by atoms with Crippen molar-refractivity contribution in [2.75, 3.05) is 0 Å². The molecule has 0 unspecified atom stereocenters. The molecule has 0 aliphatic carbocycles. The van der Waals surface area contributed by atoms with Crippen LogP contribution in [0.15, 0.2) is 11.6 Å². The van der Waals surface area contributed by atoms with E-state index in [1.54, 1.807) is 5.51 Å². The van der Waals surface area contributed by atoms with Gasteiger partial charge in [0.05, 0.1) is 21.3 Å². The Kier molecular flexibility index (Phi) is 3.43. The lowest BCUT2D eigenvalue weighted by atomic mass is 9.98. The molecule has 90 valence electrons. The third-order valence-electron chi connectivity index (χ3n) is 2.83. The second-order valence-electron chi connectivity index (χ2n) is 4.12. The molecule has 17 heavy (non-hydrogen) atoms. The van der Waals surface area contributed by atoms with Crippen LogP contribution in [0.1, 0.15) is 42.6 Å². The molecule has 2 rings (SSSR count). The lowest BCUT2D eigenvalue weighted by molar-refractivity contribution is 0.101. The van der Waals surface area contributed by atoms with E-state index >= 15 is 0 Å². The van der Waals surface area contributed by atoms with Crippen LogP contribution in [-0.2, 0) is 6.42 Å². The number of benzene rings is 1. The van der Waals surface area contributed by atoms with E-state index in [4.69, 9.17) is 0 Å². The first-order chi connectivity index (χ1) is 8.15. The number of nitrogens with zero attached hydrogens (tertiary/aromatic N) is 1. The second kappa shape index (κ2) is 4.84. The van der Waals surface area contributed by atoms with Crippen LogP contribution < -0.4 is 0 Å².